The largest absolute Gasteiger partial charge is 0.361 e. The van der Waals surface area contributed by atoms with Gasteiger partial charge in [-0.3, -0.25) is 4.79 Å². The van der Waals surface area contributed by atoms with E-state index >= 15 is 0 Å². The summed E-state index contributed by atoms with van der Waals surface area (Å²) in [6.45, 7) is 0.414. The molecule has 1 atom stereocenters. The van der Waals surface area contributed by atoms with Gasteiger partial charge in [0.05, 0.1) is 18.5 Å². The summed E-state index contributed by atoms with van der Waals surface area (Å²) in [5.41, 5.74) is 8.06. The molecule has 20 heavy (non-hydrogen) atoms. The number of hydrogen-bond acceptors (Lipinski definition) is 3. The van der Waals surface area contributed by atoms with Gasteiger partial charge in [-0.25, -0.2) is 0 Å². The topological polar surface area (TPSA) is 85.9 Å². The van der Waals surface area contributed by atoms with E-state index in [9.17, 15) is 4.79 Å². The highest BCUT2D eigenvalue weighted by Crippen LogP contribution is 2.19. The predicted molar refractivity (Wildman–Crippen MR) is 77.8 cm³/mol. The van der Waals surface area contributed by atoms with Crippen LogP contribution in [-0.2, 0) is 11.2 Å². The van der Waals surface area contributed by atoms with Gasteiger partial charge >= 0.3 is 0 Å². The molecule has 0 saturated carbocycles. The van der Waals surface area contributed by atoms with Gasteiger partial charge in [0.2, 0.25) is 5.91 Å². The molecule has 0 radical (unpaired) electrons. The van der Waals surface area contributed by atoms with Gasteiger partial charge in [-0.2, -0.15) is 5.26 Å². The summed E-state index contributed by atoms with van der Waals surface area (Å²) in [4.78, 5) is 16.8. The summed E-state index contributed by atoms with van der Waals surface area (Å²) in [6.07, 6.45) is 2.70. The number of hydrogen-bond donors (Lipinski definition) is 2. The van der Waals surface area contributed by atoms with Crippen LogP contribution in [0.25, 0.3) is 10.9 Å². The Kier molecular flexibility index (Phi) is 4.38. The Bertz CT molecular complexity index is 641. The second-order valence-electron chi connectivity index (χ2n) is 4.84. The second kappa shape index (κ2) is 6.22. The summed E-state index contributed by atoms with van der Waals surface area (Å²) in [7, 11) is 1.68. The average Bonchev–Trinajstić information content (AvgIpc) is 2.87. The molecule has 1 heterocycles. The number of likely N-dealkylation sites (N-methyl/N-ethyl adjacent to an activating group) is 1. The zero-order valence-corrected chi connectivity index (χ0v) is 11.5. The zero-order chi connectivity index (χ0) is 14.5. The third-order valence-electron chi connectivity index (χ3n) is 3.37. The lowest BCUT2D eigenvalue weighted by molar-refractivity contribution is -0.131. The van der Waals surface area contributed by atoms with Crippen LogP contribution in [0, 0.1) is 11.3 Å². The minimum atomic E-state index is -0.585. The first-order valence-electron chi connectivity index (χ1n) is 6.56. The van der Waals surface area contributed by atoms with Crippen LogP contribution in [-0.4, -0.2) is 35.4 Å². The van der Waals surface area contributed by atoms with Crippen molar-refractivity contribution in [3.8, 4) is 6.07 Å². The zero-order valence-electron chi connectivity index (χ0n) is 11.5. The Morgan fingerprint density at radius 1 is 1.50 bits per heavy atom. The average molecular weight is 270 g/mol. The van der Waals surface area contributed by atoms with Crippen LogP contribution >= 0.6 is 0 Å². The maximum absolute atomic E-state index is 12.1. The molecule has 0 aliphatic carbocycles. The number of benzene rings is 1. The maximum Gasteiger partial charge on any atom is 0.239 e. The standard InChI is InChI=1S/C15H18N4O/c1-19(8-4-7-16)15(20)13(17)9-11-10-18-14-6-3-2-5-12(11)14/h2-3,5-6,10,13,18H,4,8-9,17H2,1H3/t13-/m0/s1. The predicted octanol–water partition coefficient (Wildman–Crippen LogP) is 1.41. The number of nitrogens with one attached hydrogen (secondary N) is 1. The molecule has 0 spiro atoms. The number of nitrogens with zero attached hydrogens (tertiary/aromatic N) is 2. The van der Waals surface area contributed by atoms with E-state index in [2.05, 4.69) is 4.98 Å². The second-order valence-corrected chi connectivity index (χ2v) is 4.84. The molecule has 1 amide bonds. The van der Waals surface area contributed by atoms with E-state index in [1.165, 1.54) is 4.90 Å². The molecule has 104 valence electrons. The van der Waals surface area contributed by atoms with Gasteiger partial charge in [-0.1, -0.05) is 18.2 Å². The Morgan fingerprint density at radius 3 is 3.00 bits per heavy atom. The third-order valence-corrected chi connectivity index (χ3v) is 3.37. The summed E-state index contributed by atoms with van der Waals surface area (Å²) in [5, 5.41) is 9.63. The molecule has 0 aliphatic rings. The minimum absolute atomic E-state index is 0.134. The number of carbonyl (C=O) groups is 1. The molecule has 2 rings (SSSR count). The lowest BCUT2D eigenvalue weighted by atomic mass is 10.0. The van der Waals surface area contributed by atoms with Crippen molar-refractivity contribution in [1.82, 2.24) is 9.88 Å². The van der Waals surface area contributed by atoms with Crippen molar-refractivity contribution in [2.24, 2.45) is 5.73 Å². The molecule has 3 N–H and O–H groups in total. The number of amides is 1. The van der Waals surface area contributed by atoms with E-state index in [0.29, 0.717) is 19.4 Å². The summed E-state index contributed by atoms with van der Waals surface area (Å²) < 4.78 is 0. The van der Waals surface area contributed by atoms with Crippen LogP contribution in [0.4, 0.5) is 0 Å². The van der Waals surface area contributed by atoms with Crippen molar-refractivity contribution in [3.63, 3.8) is 0 Å². The highest BCUT2D eigenvalue weighted by atomic mass is 16.2. The fourth-order valence-electron chi connectivity index (χ4n) is 2.24. The Morgan fingerprint density at radius 2 is 2.25 bits per heavy atom. The fourth-order valence-corrected chi connectivity index (χ4v) is 2.24. The van der Waals surface area contributed by atoms with E-state index in [1.54, 1.807) is 7.05 Å². The summed E-state index contributed by atoms with van der Waals surface area (Å²) in [6, 6.07) is 9.37. The highest BCUT2D eigenvalue weighted by molar-refractivity contribution is 5.86. The molecule has 1 aromatic carbocycles. The molecule has 2 aromatic rings. The van der Waals surface area contributed by atoms with Gasteiger partial charge in [0.1, 0.15) is 0 Å². The molecule has 0 fully saturated rings. The number of aromatic amines is 1. The van der Waals surface area contributed by atoms with Gasteiger partial charge in [0.15, 0.2) is 0 Å². The normalized spacial score (nSPS) is 12.1. The summed E-state index contributed by atoms with van der Waals surface area (Å²) >= 11 is 0. The van der Waals surface area contributed by atoms with E-state index < -0.39 is 6.04 Å². The number of fused-ring (bicyclic) bond motifs is 1. The Labute approximate surface area is 118 Å². The number of nitriles is 1. The van der Waals surface area contributed by atoms with Crippen molar-refractivity contribution in [3.05, 3.63) is 36.0 Å². The van der Waals surface area contributed by atoms with Crippen LogP contribution in [0.3, 0.4) is 0 Å². The van der Waals surface area contributed by atoms with Gasteiger partial charge in [-0.05, 0) is 18.1 Å². The van der Waals surface area contributed by atoms with Crippen molar-refractivity contribution >= 4 is 16.8 Å². The van der Waals surface area contributed by atoms with Crippen molar-refractivity contribution in [2.75, 3.05) is 13.6 Å². The number of nitrogens with two attached hydrogens (primary N) is 1. The fraction of sp³-hybridized carbons (Fsp3) is 0.333. The smallest absolute Gasteiger partial charge is 0.239 e. The first kappa shape index (κ1) is 14.1. The third kappa shape index (κ3) is 2.98. The molecule has 0 bridgehead atoms. The summed E-state index contributed by atoms with van der Waals surface area (Å²) in [5.74, 6) is -0.134. The highest BCUT2D eigenvalue weighted by Gasteiger charge is 2.19. The maximum atomic E-state index is 12.1. The SMILES string of the molecule is CN(CCC#N)C(=O)[C@@H](N)Cc1c[nH]c2ccccc12. The number of para-hydroxylation sites is 1. The number of carbonyl (C=O) groups excluding carboxylic acids is 1. The van der Waals surface area contributed by atoms with Crippen LogP contribution in [0.15, 0.2) is 30.5 Å². The van der Waals surface area contributed by atoms with Crippen LogP contribution in [0.2, 0.25) is 0 Å². The first-order chi connectivity index (χ1) is 9.63. The molecule has 5 heteroatoms. The van der Waals surface area contributed by atoms with Crippen LogP contribution in [0.1, 0.15) is 12.0 Å². The number of aromatic nitrogens is 1. The quantitative estimate of drug-likeness (QED) is 0.861. The Balaban J connectivity index is 2.06. The van der Waals surface area contributed by atoms with Crippen LogP contribution < -0.4 is 5.73 Å². The molecule has 5 nitrogen and oxygen atoms in total. The van der Waals surface area contributed by atoms with E-state index in [1.807, 2.05) is 36.5 Å². The molecule has 0 aliphatic heterocycles. The van der Waals surface area contributed by atoms with Crippen molar-refractivity contribution < 1.29 is 4.79 Å². The molecule has 0 unspecified atom stereocenters. The van der Waals surface area contributed by atoms with Crippen LogP contribution in [0.5, 0.6) is 0 Å². The van der Waals surface area contributed by atoms with E-state index in [-0.39, 0.29) is 5.91 Å². The minimum Gasteiger partial charge on any atom is -0.361 e. The molecule has 1 aromatic heterocycles. The van der Waals surface area contributed by atoms with Crippen molar-refractivity contribution in [1.29, 1.82) is 5.26 Å². The van der Waals surface area contributed by atoms with Gasteiger partial charge in [0.25, 0.3) is 0 Å². The Hall–Kier alpha value is -2.32. The first-order valence-corrected chi connectivity index (χ1v) is 6.56. The molecule has 0 saturated heterocycles. The van der Waals surface area contributed by atoms with Crippen molar-refractivity contribution in [2.45, 2.75) is 18.9 Å². The monoisotopic (exact) mass is 270 g/mol. The van der Waals surface area contributed by atoms with Gasteiger partial charge in [0, 0.05) is 30.7 Å². The lowest BCUT2D eigenvalue weighted by Crippen LogP contribution is -2.43. The van der Waals surface area contributed by atoms with Gasteiger partial charge in [-0.15, -0.1) is 0 Å². The number of H-pyrrole nitrogens is 1. The molecular weight excluding hydrogens is 252 g/mol. The lowest BCUT2D eigenvalue weighted by Gasteiger charge is -2.20. The van der Waals surface area contributed by atoms with Gasteiger partial charge < -0.3 is 15.6 Å². The number of rotatable bonds is 5. The van der Waals surface area contributed by atoms with E-state index in [4.69, 9.17) is 11.0 Å². The van der Waals surface area contributed by atoms with E-state index in [0.717, 1.165) is 16.5 Å². The molecular formula is C15H18N4O.